The summed E-state index contributed by atoms with van der Waals surface area (Å²) in [6.07, 6.45) is 8.55. The van der Waals surface area contributed by atoms with Gasteiger partial charge in [-0.1, -0.05) is 18.2 Å². The van der Waals surface area contributed by atoms with Crippen molar-refractivity contribution in [1.82, 2.24) is 25.0 Å². The summed E-state index contributed by atoms with van der Waals surface area (Å²) in [6.45, 7) is 8.02. The number of para-hydroxylation sites is 1. The van der Waals surface area contributed by atoms with Crippen LogP contribution in [-0.2, 0) is 9.59 Å². The van der Waals surface area contributed by atoms with Crippen LogP contribution in [0.1, 0.15) is 33.3 Å². The lowest BCUT2D eigenvalue weighted by atomic mass is 10.1. The Balaban J connectivity index is 1.85. The number of nitrogens with zero attached hydrogens (tertiary/aromatic N) is 4. The van der Waals surface area contributed by atoms with Gasteiger partial charge in [0.2, 0.25) is 11.8 Å². The number of benzene rings is 1. The van der Waals surface area contributed by atoms with Crippen LogP contribution in [0.25, 0.3) is 23.0 Å². The molecule has 166 valence electrons. The van der Waals surface area contributed by atoms with Gasteiger partial charge in [-0.25, -0.2) is 4.68 Å². The molecular formula is C25H29N5O2. The molecule has 0 unspecified atom stereocenters. The highest BCUT2D eigenvalue weighted by Gasteiger charge is 2.18. The van der Waals surface area contributed by atoms with Crippen LogP contribution in [0.15, 0.2) is 67.1 Å². The van der Waals surface area contributed by atoms with E-state index in [0.717, 1.165) is 22.5 Å². The first kappa shape index (κ1) is 22.9. The maximum absolute atomic E-state index is 12.8. The molecule has 2 heterocycles. The Hall–Kier alpha value is -3.74. The first-order valence-corrected chi connectivity index (χ1v) is 10.6. The third-order valence-electron chi connectivity index (χ3n) is 4.65. The van der Waals surface area contributed by atoms with Gasteiger partial charge in [0.15, 0.2) is 0 Å². The maximum atomic E-state index is 12.8. The van der Waals surface area contributed by atoms with E-state index in [1.54, 1.807) is 23.2 Å². The Morgan fingerprint density at radius 1 is 1.12 bits per heavy atom. The fourth-order valence-corrected chi connectivity index (χ4v) is 3.19. The summed E-state index contributed by atoms with van der Waals surface area (Å²) in [5.41, 5.74) is 2.92. The lowest BCUT2D eigenvalue weighted by molar-refractivity contribution is -0.132. The maximum Gasteiger partial charge on any atom is 0.247 e. The van der Waals surface area contributed by atoms with E-state index < -0.39 is 0 Å². The number of hydrogen-bond acceptors (Lipinski definition) is 4. The van der Waals surface area contributed by atoms with Crippen molar-refractivity contribution in [3.05, 3.63) is 72.7 Å². The number of amides is 2. The van der Waals surface area contributed by atoms with Crippen molar-refractivity contribution >= 4 is 17.9 Å². The van der Waals surface area contributed by atoms with Gasteiger partial charge in [0.25, 0.3) is 0 Å². The molecule has 0 atom stereocenters. The van der Waals surface area contributed by atoms with Crippen LogP contribution in [0.2, 0.25) is 0 Å². The van der Waals surface area contributed by atoms with E-state index in [4.69, 9.17) is 5.10 Å². The zero-order valence-electron chi connectivity index (χ0n) is 18.9. The van der Waals surface area contributed by atoms with E-state index in [9.17, 15) is 9.59 Å². The highest BCUT2D eigenvalue weighted by atomic mass is 16.2. The van der Waals surface area contributed by atoms with Crippen molar-refractivity contribution in [3.63, 3.8) is 0 Å². The molecule has 0 fully saturated rings. The fraction of sp³-hybridized carbons (Fsp3) is 0.280. The Labute approximate surface area is 188 Å². The molecule has 0 radical (unpaired) electrons. The minimum Gasteiger partial charge on any atom is -0.350 e. The summed E-state index contributed by atoms with van der Waals surface area (Å²) >= 11 is 0. The average molecular weight is 432 g/mol. The van der Waals surface area contributed by atoms with Crippen LogP contribution in [0, 0.1) is 0 Å². The third kappa shape index (κ3) is 6.14. The molecule has 0 bridgehead atoms. The van der Waals surface area contributed by atoms with E-state index in [-0.39, 0.29) is 23.9 Å². The largest absolute Gasteiger partial charge is 0.350 e. The first-order chi connectivity index (χ1) is 15.3. The summed E-state index contributed by atoms with van der Waals surface area (Å²) < 4.78 is 1.78. The van der Waals surface area contributed by atoms with Crippen molar-refractivity contribution in [2.24, 2.45) is 0 Å². The molecule has 1 N–H and O–H groups in total. The zero-order valence-corrected chi connectivity index (χ0v) is 18.9. The number of pyridine rings is 1. The fourth-order valence-electron chi connectivity index (χ4n) is 3.19. The summed E-state index contributed by atoms with van der Waals surface area (Å²) in [5.74, 6) is -0.421. The molecule has 0 saturated carbocycles. The SMILES string of the molecule is CCN(CC(=O)NC(C)(C)C)C(=O)/C=C/c1cn(-c2ccccc2)nc1-c1cccnc1. The van der Waals surface area contributed by atoms with Gasteiger partial charge in [-0.15, -0.1) is 0 Å². The van der Waals surface area contributed by atoms with Crippen LogP contribution in [0.3, 0.4) is 0 Å². The summed E-state index contributed by atoms with van der Waals surface area (Å²) in [7, 11) is 0. The van der Waals surface area contributed by atoms with Gasteiger partial charge in [0, 0.05) is 47.9 Å². The minimum atomic E-state index is -0.347. The number of carbonyl (C=O) groups is 2. The molecule has 7 heteroatoms. The predicted octanol–water partition coefficient (Wildman–Crippen LogP) is 3.71. The van der Waals surface area contributed by atoms with Gasteiger partial charge < -0.3 is 10.2 Å². The number of likely N-dealkylation sites (N-methyl/N-ethyl adjacent to an activating group) is 1. The van der Waals surface area contributed by atoms with Gasteiger partial charge in [-0.05, 0) is 58.0 Å². The van der Waals surface area contributed by atoms with E-state index in [2.05, 4.69) is 10.3 Å². The quantitative estimate of drug-likeness (QED) is 0.579. The van der Waals surface area contributed by atoms with Crippen LogP contribution in [0.4, 0.5) is 0 Å². The number of hydrogen-bond donors (Lipinski definition) is 1. The van der Waals surface area contributed by atoms with Gasteiger partial charge >= 0.3 is 0 Å². The molecule has 3 aromatic rings. The lowest BCUT2D eigenvalue weighted by Crippen LogP contribution is -2.47. The normalized spacial score (nSPS) is 11.5. The van der Waals surface area contributed by atoms with Gasteiger partial charge in [0.1, 0.15) is 5.69 Å². The minimum absolute atomic E-state index is 0.00961. The Bertz CT molecular complexity index is 1080. The van der Waals surface area contributed by atoms with E-state index in [1.165, 1.54) is 11.0 Å². The van der Waals surface area contributed by atoms with Crippen LogP contribution < -0.4 is 5.32 Å². The van der Waals surface area contributed by atoms with Gasteiger partial charge in [-0.3, -0.25) is 14.6 Å². The smallest absolute Gasteiger partial charge is 0.247 e. The number of rotatable bonds is 7. The molecule has 3 rings (SSSR count). The second kappa shape index (κ2) is 10.0. The Morgan fingerprint density at radius 3 is 2.50 bits per heavy atom. The van der Waals surface area contributed by atoms with E-state index >= 15 is 0 Å². The molecule has 7 nitrogen and oxygen atoms in total. The van der Waals surface area contributed by atoms with Crippen molar-refractivity contribution < 1.29 is 9.59 Å². The van der Waals surface area contributed by atoms with Crippen molar-refractivity contribution in [2.75, 3.05) is 13.1 Å². The van der Waals surface area contributed by atoms with E-state index in [1.807, 2.05) is 76.4 Å². The van der Waals surface area contributed by atoms with Gasteiger partial charge in [0.05, 0.1) is 12.2 Å². The molecule has 0 aliphatic heterocycles. The summed E-state index contributed by atoms with van der Waals surface area (Å²) in [6, 6.07) is 13.5. The topological polar surface area (TPSA) is 80.1 Å². The summed E-state index contributed by atoms with van der Waals surface area (Å²) in [4.78, 5) is 30.7. The second-order valence-electron chi connectivity index (χ2n) is 8.44. The van der Waals surface area contributed by atoms with Crippen LogP contribution in [0.5, 0.6) is 0 Å². The monoisotopic (exact) mass is 431 g/mol. The molecule has 2 aromatic heterocycles. The molecule has 1 aromatic carbocycles. The highest BCUT2D eigenvalue weighted by molar-refractivity contribution is 5.95. The molecule has 0 aliphatic rings. The standard InChI is InChI=1S/C25H29N5O2/c1-5-29(18-22(31)27-25(2,3)4)23(32)14-13-20-17-30(21-11-7-6-8-12-21)28-24(20)19-10-9-15-26-16-19/h6-17H,5,18H2,1-4H3,(H,27,31)/b14-13+. The molecule has 0 saturated heterocycles. The van der Waals surface area contributed by atoms with Crippen molar-refractivity contribution in [3.8, 4) is 16.9 Å². The molecule has 2 amide bonds. The number of carbonyl (C=O) groups excluding carboxylic acids is 2. The lowest BCUT2D eigenvalue weighted by Gasteiger charge is -2.24. The predicted molar refractivity (Wildman–Crippen MR) is 126 cm³/mol. The van der Waals surface area contributed by atoms with Crippen molar-refractivity contribution in [1.29, 1.82) is 0 Å². The Morgan fingerprint density at radius 2 is 1.88 bits per heavy atom. The third-order valence-corrected chi connectivity index (χ3v) is 4.65. The van der Waals surface area contributed by atoms with Crippen LogP contribution in [-0.4, -0.2) is 50.1 Å². The van der Waals surface area contributed by atoms with E-state index in [0.29, 0.717) is 6.54 Å². The van der Waals surface area contributed by atoms with Crippen molar-refractivity contribution in [2.45, 2.75) is 33.2 Å². The van der Waals surface area contributed by atoms with Gasteiger partial charge in [-0.2, -0.15) is 5.10 Å². The molecule has 32 heavy (non-hydrogen) atoms. The number of nitrogens with one attached hydrogen (secondary N) is 1. The molecule has 0 aliphatic carbocycles. The molecular weight excluding hydrogens is 402 g/mol. The first-order valence-electron chi connectivity index (χ1n) is 10.6. The average Bonchev–Trinajstić information content (AvgIpc) is 3.20. The highest BCUT2D eigenvalue weighted by Crippen LogP contribution is 2.24. The second-order valence-corrected chi connectivity index (χ2v) is 8.44. The van der Waals surface area contributed by atoms with Crippen LogP contribution >= 0.6 is 0 Å². The summed E-state index contributed by atoms with van der Waals surface area (Å²) in [5, 5.41) is 7.61. The zero-order chi connectivity index (χ0) is 23.1. The Kier molecular flexibility index (Phi) is 7.20. The molecule has 0 spiro atoms. The number of aromatic nitrogens is 3.